The molecular formula is C14H25Cl2N3O4. The van der Waals surface area contributed by atoms with Crippen LogP contribution in [0.4, 0.5) is 0 Å². The second-order valence-electron chi connectivity index (χ2n) is 4.39. The van der Waals surface area contributed by atoms with Gasteiger partial charge in [0.15, 0.2) is 18.1 Å². The number of halogens is 2. The average Bonchev–Trinajstić information content (AvgIpc) is 2.49. The molecule has 7 nitrogen and oxygen atoms in total. The lowest BCUT2D eigenvalue weighted by Crippen LogP contribution is -2.28. The topological polar surface area (TPSA) is 106 Å². The molecule has 0 bridgehead atoms. The van der Waals surface area contributed by atoms with Crippen LogP contribution in [0.15, 0.2) is 18.2 Å². The predicted octanol–water partition coefficient (Wildman–Crippen LogP) is 0.0744. The van der Waals surface area contributed by atoms with Gasteiger partial charge < -0.3 is 30.9 Å². The number of aliphatic hydroxyl groups is 1. The number of nitrogens with two attached hydrogens (primary N) is 1. The fourth-order valence-electron chi connectivity index (χ4n) is 1.70. The monoisotopic (exact) mass is 369 g/mol. The van der Waals surface area contributed by atoms with Crippen molar-refractivity contribution >= 4 is 30.7 Å². The number of hydrogen-bond donors (Lipinski definition) is 4. The Morgan fingerprint density at radius 3 is 2.48 bits per heavy atom. The number of aliphatic hydroxyl groups excluding tert-OH is 1. The Bertz CT molecular complexity index is 450. The summed E-state index contributed by atoms with van der Waals surface area (Å²) in [7, 11) is 1.54. The van der Waals surface area contributed by atoms with Crippen molar-refractivity contribution in [2.45, 2.75) is 6.54 Å². The molecule has 0 aliphatic heterocycles. The largest absolute Gasteiger partial charge is 0.493 e. The molecule has 0 aromatic heterocycles. The van der Waals surface area contributed by atoms with E-state index < -0.39 is 5.91 Å². The van der Waals surface area contributed by atoms with Gasteiger partial charge in [0, 0.05) is 26.2 Å². The maximum Gasteiger partial charge on any atom is 0.255 e. The molecule has 0 saturated heterocycles. The van der Waals surface area contributed by atoms with Gasteiger partial charge >= 0.3 is 0 Å². The summed E-state index contributed by atoms with van der Waals surface area (Å²) in [6.45, 7) is 2.84. The van der Waals surface area contributed by atoms with Crippen LogP contribution in [-0.2, 0) is 11.3 Å². The van der Waals surface area contributed by atoms with Crippen molar-refractivity contribution in [3.05, 3.63) is 23.8 Å². The van der Waals surface area contributed by atoms with E-state index in [0.29, 0.717) is 24.6 Å². The molecule has 1 amide bonds. The fourth-order valence-corrected chi connectivity index (χ4v) is 1.70. The van der Waals surface area contributed by atoms with Crippen molar-refractivity contribution in [1.82, 2.24) is 10.6 Å². The summed E-state index contributed by atoms with van der Waals surface area (Å²) in [5, 5.41) is 15.0. The van der Waals surface area contributed by atoms with E-state index in [1.807, 2.05) is 12.1 Å². The Balaban J connectivity index is 0. The molecule has 1 aromatic carbocycles. The lowest BCUT2D eigenvalue weighted by Gasteiger charge is -2.12. The highest BCUT2D eigenvalue weighted by Crippen LogP contribution is 2.27. The van der Waals surface area contributed by atoms with E-state index in [0.717, 1.165) is 18.7 Å². The van der Waals surface area contributed by atoms with Crippen LogP contribution in [-0.4, -0.2) is 51.0 Å². The minimum atomic E-state index is -0.529. The van der Waals surface area contributed by atoms with Gasteiger partial charge in [-0.2, -0.15) is 0 Å². The predicted molar refractivity (Wildman–Crippen MR) is 93.8 cm³/mol. The summed E-state index contributed by atoms with van der Waals surface area (Å²) in [4.78, 5) is 10.7. The molecule has 1 aromatic rings. The maximum absolute atomic E-state index is 10.7. The van der Waals surface area contributed by atoms with Crippen molar-refractivity contribution in [3.8, 4) is 11.5 Å². The number of ether oxygens (including phenoxy) is 2. The molecule has 0 fully saturated rings. The first-order valence-electron chi connectivity index (χ1n) is 6.77. The summed E-state index contributed by atoms with van der Waals surface area (Å²) in [5.74, 6) is 0.525. The zero-order valence-electron chi connectivity index (χ0n) is 13.0. The number of primary amides is 1. The summed E-state index contributed by atoms with van der Waals surface area (Å²) < 4.78 is 10.5. The lowest BCUT2D eigenvalue weighted by atomic mass is 10.2. The van der Waals surface area contributed by atoms with Crippen molar-refractivity contribution in [2.75, 3.05) is 40.0 Å². The molecule has 0 unspecified atom stereocenters. The van der Waals surface area contributed by atoms with E-state index in [2.05, 4.69) is 10.6 Å². The van der Waals surface area contributed by atoms with Gasteiger partial charge in [-0.05, 0) is 17.7 Å². The summed E-state index contributed by atoms with van der Waals surface area (Å²) in [5.41, 5.74) is 6.08. The van der Waals surface area contributed by atoms with E-state index in [1.54, 1.807) is 13.2 Å². The van der Waals surface area contributed by atoms with Gasteiger partial charge in [0.2, 0.25) is 0 Å². The molecule has 5 N–H and O–H groups in total. The lowest BCUT2D eigenvalue weighted by molar-refractivity contribution is -0.119. The fraction of sp³-hybridized carbons (Fsp3) is 0.500. The van der Waals surface area contributed by atoms with Crippen LogP contribution in [0.25, 0.3) is 0 Å². The second kappa shape index (κ2) is 14.3. The smallest absolute Gasteiger partial charge is 0.255 e. The zero-order valence-corrected chi connectivity index (χ0v) is 14.7. The highest BCUT2D eigenvalue weighted by atomic mass is 35.5. The van der Waals surface area contributed by atoms with E-state index in [4.69, 9.17) is 20.3 Å². The highest BCUT2D eigenvalue weighted by molar-refractivity contribution is 5.85. The molecule has 0 saturated carbocycles. The minimum absolute atomic E-state index is 0. The maximum atomic E-state index is 10.7. The van der Waals surface area contributed by atoms with Crippen LogP contribution < -0.4 is 25.8 Å². The third kappa shape index (κ3) is 10.2. The second-order valence-corrected chi connectivity index (χ2v) is 4.39. The van der Waals surface area contributed by atoms with Gasteiger partial charge in [0.25, 0.3) is 5.91 Å². The summed E-state index contributed by atoms with van der Waals surface area (Å²) >= 11 is 0. The Kier molecular flexibility index (Phi) is 15.0. The SMILES string of the molecule is COc1cc(CNCCNCCO)ccc1OCC(N)=O.Cl.Cl. The number of hydrogen-bond acceptors (Lipinski definition) is 6. The van der Waals surface area contributed by atoms with Crippen molar-refractivity contribution in [2.24, 2.45) is 5.73 Å². The van der Waals surface area contributed by atoms with Gasteiger partial charge in [-0.3, -0.25) is 4.79 Å². The minimum Gasteiger partial charge on any atom is -0.493 e. The zero-order chi connectivity index (χ0) is 15.5. The summed E-state index contributed by atoms with van der Waals surface area (Å²) in [6, 6.07) is 5.50. The molecule has 134 valence electrons. The first-order chi connectivity index (χ1) is 10.2. The molecule has 0 heterocycles. The Morgan fingerprint density at radius 2 is 1.87 bits per heavy atom. The molecule has 23 heavy (non-hydrogen) atoms. The number of methoxy groups -OCH3 is 1. The average molecular weight is 370 g/mol. The number of carbonyl (C=O) groups is 1. The Hall–Kier alpha value is -1.25. The molecule has 0 aliphatic carbocycles. The molecule has 1 rings (SSSR count). The van der Waals surface area contributed by atoms with Crippen molar-refractivity contribution < 1.29 is 19.4 Å². The standard InChI is InChI=1S/C14H23N3O4.2ClH/c1-20-13-8-11(9-17-5-4-16-6-7-18)2-3-12(13)21-10-14(15)19;;/h2-3,8,16-18H,4-7,9-10H2,1H3,(H2,15,19);2*1H. The quantitative estimate of drug-likeness (QED) is 0.411. The normalized spacial score (nSPS) is 9.48. The first kappa shape index (κ1) is 24.0. The molecule has 0 atom stereocenters. The molecular weight excluding hydrogens is 345 g/mol. The number of amides is 1. The third-order valence-corrected chi connectivity index (χ3v) is 2.69. The van der Waals surface area contributed by atoms with Crippen molar-refractivity contribution in [1.29, 1.82) is 0 Å². The first-order valence-corrected chi connectivity index (χ1v) is 6.77. The Morgan fingerprint density at radius 1 is 1.17 bits per heavy atom. The molecule has 0 radical (unpaired) electrons. The van der Waals surface area contributed by atoms with Crippen LogP contribution in [0, 0.1) is 0 Å². The number of rotatable bonds is 11. The van der Waals surface area contributed by atoms with Gasteiger partial charge in [-0.1, -0.05) is 6.07 Å². The van der Waals surface area contributed by atoms with E-state index in [1.165, 1.54) is 0 Å². The van der Waals surface area contributed by atoms with Gasteiger partial charge in [-0.25, -0.2) is 0 Å². The van der Waals surface area contributed by atoms with Gasteiger partial charge in [-0.15, -0.1) is 24.8 Å². The van der Waals surface area contributed by atoms with Crippen LogP contribution >= 0.6 is 24.8 Å². The van der Waals surface area contributed by atoms with Crippen LogP contribution in [0.2, 0.25) is 0 Å². The van der Waals surface area contributed by atoms with Gasteiger partial charge in [0.05, 0.1) is 13.7 Å². The highest BCUT2D eigenvalue weighted by Gasteiger charge is 2.07. The summed E-state index contributed by atoms with van der Waals surface area (Å²) in [6.07, 6.45) is 0. The van der Waals surface area contributed by atoms with Crippen LogP contribution in [0.3, 0.4) is 0 Å². The molecule has 0 spiro atoms. The molecule has 0 aliphatic rings. The van der Waals surface area contributed by atoms with Gasteiger partial charge in [0.1, 0.15) is 0 Å². The Labute approximate surface area is 148 Å². The van der Waals surface area contributed by atoms with Crippen molar-refractivity contribution in [3.63, 3.8) is 0 Å². The van der Waals surface area contributed by atoms with E-state index in [-0.39, 0.29) is 38.0 Å². The number of carbonyl (C=O) groups excluding carboxylic acids is 1. The van der Waals surface area contributed by atoms with E-state index in [9.17, 15) is 4.79 Å². The van der Waals surface area contributed by atoms with E-state index >= 15 is 0 Å². The molecule has 9 heteroatoms. The third-order valence-electron chi connectivity index (χ3n) is 2.69. The number of benzene rings is 1. The van der Waals surface area contributed by atoms with Crippen LogP contribution in [0.1, 0.15) is 5.56 Å². The number of nitrogens with one attached hydrogen (secondary N) is 2. The van der Waals surface area contributed by atoms with Crippen LogP contribution in [0.5, 0.6) is 11.5 Å².